The minimum absolute atomic E-state index is 0.00410. The van der Waals surface area contributed by atoms with E-state index in [9.17, 15) is 9.59 Å². The van der Waals surface area contributed by atoms with Crippen LogP contribution in [-0.4, -0.2) is 35.3 Å². The maximum Gasteiger partial charge on any atom is 0.245 e. The molecule has 2 fully saturated rings. The van der Waals surface area contributed by atoms with Gasteiger partial charge in [-0.2, -0.15) is 0 Å². The molecule has 2 rings (SSSR count). The second-order valence-electron chi connectivity index (χ2n) is 7.48. The Bertz CT molecular complexity index is 386. The van der Waals surface area contributed by atoms with E-state index < -0.39 is 0 Å². The number of nitrogens with zero attached hydrogens (tertiary/aromatic N) is 1. The topological polar surface area (TPSA) is 49.4 Å². The van der Waals surface area contributed by atoms with Crippen LogP contribution >= 0.6 is 0 Å². The first-order valence-corrected chi connectivity index (χ1v) is 8.49. The van der Waals surface area contributed by atoms with Crippen LogP contribution in [0.3, 0.4) is 0 Å². The smallest absolute Gasteiger partial charge is 0.245 e. The van der Waals surface area contributed by atoms with Crippen molar-refractivity contribution < 1.29 is 9.59 Å². The summed E-state index contributed by atoms with van der Waals surface area (Å²) in [5.74, 6) is 1.91. The van der Waals surface area contributed by atoms with Gasteiger partial charge in [0.25, 0.3) is 0 Å². The molecule has 0 aromatic heterocycles. The fourth-order valence-corrected chi connectivity index (χ4v) is 3.56. The third kappa shape index (κ3) is 3.98. The monoisotopic (exact) mass is 294 g/mol. The summed E-state index contributed by atoms with van der Waals surface area (Å²) in [6, 6.07) is -0.642. The van der Waals surface area contributed by atoms with Gasteiger partial charge in [0, 0.05) is 6.54 Å². The number of nitrogens with one attached hydrogen (secondary N) is 1. The molecule has 0 aromatic carbocycles. The van der Waals surface area contributed by atoms with Gasteiger partial charge in [-0.3, -0.25) is 9.59 Å². The normalized spacial score (nSPS) is 34.2. The maximum absolute atomic E-state index is 12.7. The van der Waals surface area contributed by atoms with E-state index in [2.05, 4.69) is 26.1 Å². The molecular weight excluding hydrogens is 264 g/mol. The molecule has 1 saturated carbocycles. The molecule has 1 aliphatic heterocycles. The van der Waals surface area contributed by atoms with Gasteiger partial charge in [0.05, 0.1) is 0 Å². The van der Waals surface area contributed by atoms with Crippen molar-refractivity contribution >= 4 is 11.8 Å². The van der Waals surface area contributed by atoms with Crippen LogP contribution in [0, 0.1) is 17.8 Å². The van der Waals surface area contributed by atoms with Crippen molar-refractivity contribution in [1.29, 1.82) is 0 Å². The van der Waals surface area contributed by atoms with Crippen molar-refractivity contribution in [3.63, 3.8) is 0 Å². The van der Waals surface area contributed by atoms with Gasteiger partial charge >= 0.3 is 0 Å². The summed E-state index contributed by atoms with van der Waals surface area (Å²) >= 11 is 0. The fourth-order valence-electron chi connectivity index (χ4n) is 3.56. The van der Waals surface area contributed by atoms with Gasteiger partial charge in [0.15, 0.2) is 0 Å². The molecule has 2 unspecified atom stereocenters. The standard InChI is InChI=1S/C17H30N2O2/c1-11(2)9-15-17(21)19(13(4)16(20)18-15)10-14-7-5-12(3)6-8-14/h11-15H,5-10H2,1-4H3,(H,18,20). The molecular formula is C17H30N2O2. The van der Waals surface area contributed by atoms with Gasteiger partial charge < -0.3 is 10.2 Å². The van der Waals surface area contributed by atoms with Gasteiger partial charge in [-0.25, -0.2) is 0 Å². The van der Waals surface area contributed by atoms with Crippen molar-refractivity contribution in [3.05, 3.63) is 0 Å². The Morgan fingerprint density at radius 3 is 2.33 bits per heavy atom. The highest BCUT2D eigenvalue weighted by Gasteiger charge is 2.39. The second kappa shape index (κ2) is 6.80. The number of hydrogen-bond acceptors (Lipinski definition) is 2. The van der Waals surface area contributed by atoms with Gasteiger partial charge in [-0.1, -0.05) is 33.6 Å². The third-order valence-electron chi connectivity index (χ3n) is 5.04. The average Bonchev–Trinajstić information content (AvgIpc) is 2.42. The molecule has 2 aliphatic rings. The summed E-state index contributed by atoms with van der Waals surface area (Å²) in [7, 11) is 0. The Labute approximate surface area is 128 Å². The SMILES string of the molecule is CC(C)CC1NC(=O)C(C)N(CC2CCC(C)CC2)C1=O. The lowest BCUT2D eigenvalue weighted by atomic mass is 9.82. The highest BCUT2D eigenvalue weighted by molar-refractivity contribution is 5.96. The van der Waals surface area contributed by atoms with E-state index in [-0.39, 0.29) is 23.9 Å². The van der Waals surface area contributed by atoms with Crippen molar-refractivity contribution in [2.24, 2.45) is 17.8 Å². The lowest BCUT2D eigenvalue weighted by molar-refractivity contribution is -0.150. The van der Waals surface area contributed by atoms with E-state index in [4.69, 9.17) is 0 Å². The lowest BCUT2D eigenvalue weighted by Crippen LogP contribution is -2.63. The molecule has 1 N–H and O–H groups in total. The van der Waals surface area contributed by atoms with Crippen LogP contribution in [0.2, 0.25) is 0 Å². The van der Waals surface area contributed by atoms with E-state index in [0.717, 1.165) is 18.9 Å². The Morgan fingerprint density at radius 1 is 1.14 bits per heavy atom. The van der Waals surface area contributed by atoms with Crippen LogP contribution in [0.15, 0.2) is 0 Å². The first-order chi connectivity index (χ1) is 9.88. The predicted octanol–water partition coefficient (Wildman–Crippen LogP) is 2.57. The second-order valence-corrected chi connectivity index (χ2v) is 7.48. The van der Waals surface area contributed by atoms with Crippen LogP contribution in [0.5, 0.6) is 0 Å². The molecule has 1 saturated heterocycles. The predicted molar refractivity (Wildman–Crippen MR) is 83.7 cm³/mol. The average molecular weight is 294 g/mol. The number of rotatable bonds is 4. The largest absolute Gasteiger partial charge is 0.343 e. The highest BCUT2D eigenvalue weighted by atomic mass is 16.2. The van der Waals surface area contributed by atoms with Crippen molar-refractivity contribution in [2.45, 2.75) is 71.9 Å². The van der Waals surface area contributed by atoms with Gasteiger partial charge in [0.2, 0.25) is 11.8 Å². The summed E-state index contributed by atoms with van der Waals surface area (Å²) < 4.78 is 0. The number of carbonyl (C=O) groups excluding carboxylic acids is 2. The van der Waals surface area contributed by atoms with Gasteiger partial charge in [-0.15, -0.1) is 0 Å². The molecule has 2 atom stereocenters. The number of amides is 2. The zero-order valence-corrected chi connectivity index (χ0v) is 13.9. The Hall–Kier alpha value is -1.06. The van der Waals surface area contributed by atoms with Crippen LogP contribution < -0.4 is 5.32 Å². The minimum atomic E-state index is -0.323. The van der Waals surface area contributed by atoms with Crippen molar-refractivity contribution in [1.82, 2.24) is 10.2 Å². The summed E-state index contributed by atoms with van der Waals surface area (Å²) in [6.45, 7) is 9.09. The molecule has 4 nitrogen and oxygen atoms in total. The van der Waals surface area contributed by atoms with Crippen LogP contribution in [0.25, 0.3) is 0 Å². The highest BCUT2D eigenvalue weighted by Crippen LogP contribution is 2.30. The molecule has 0 radical (unpaired) electrons. The molecule has 0 aromatic rings. The lowest BCUT2D eigenvalue weighted by Gasteiger charge is -2.40. The molecule has 120 valence electrons. The van der Waals surface area contributed by atoms with E-state index in [1.165, 1.54) is 25.7 Å². The van der Waals surface area contributed by atoms with Crippen molar-refractivity contribution in [3.8, 4) is 0 Å². The van der Waals surface area contributed by atoms with Crippen LogP contribution in [-0.2, 0) is 9.59 Å². The van der Waals surface area contributed by atoms with E-state index in [1.54, 1.807) is 0 Å². The van der Waals surface area contributed by atoms with Gasteiger partial charge in [-0.05, 0) is 43.9 Å². The molecule has 4 heteroatoms. The Kier molecular flexibility index (Phi) is 5.28. The zero-order chi connectivity index (χ0) is 15.6. The first-order valence-electron chi connectivity index (χ1n) is 8.49. The summed E-state index contributed by atoms with van der Waals surface area (Å²) in [4.78, 5) is 26.6. The number of carbonyl (C=O) groups is 2. The van der Waals surface area contributed by atoms with Crippen LogP contribution in [0.1, 0.15) is 59.8 Å². The summed E-state index contributed by atoms with van der Waals surface area (Å²) in [5.41, 5.74) is 0. The molecule has 2 amide bonds. The van der Waals surface area contributed by atoms with Crippen molar-refractivity contribution in [2.75, 3.05) is 6.54 Å². The molecule has 1 aliphatic carbocycles. The molecule has 21 heavy (non-hydrogen) atoms. The first kappa shape index (κ1) is 16.3. The molecule has 1 heterocycles. The maximum atomic E-state index is 12.7. The Morgan fingerprint density at radius 2 is 1.76 bits per heavy atom. The third-order valence-corrected chi connectivity index (χ3v) is 5.04. The summed E-state index contributed by atoms with van der Waals surface area (Å²) in [5, 5.41) is 2.89. The number of piperazine rings is 1. The summed E-state index contributed by atoms with van der Waals surface area (Å²) in [6.07, 6.45) is 5.61. The minimum Gasteiger partial charge on any atom is -0.343 e. The van der Waals surface area contributed by atoms with E-state index in [1.807, 2.05) is 11.8 Å². The molecule has 0 bridgehead atoms. The fraction of sp³-hybridized carbons (Fsp3) is 0.882. The Balaban J connectivity index is 2.01. The quantitative estimate of drug-likeness (QED) is 0.866. The van der Waals surface area contributed by atoms with E-state index >= 15 is 0 Å². The molecule has 0 spiro atoms. The van der Waals surface area contributed by atoms with Crippen LogP contribution in [0.4, 0.5) is 0 Å². The van der Waals surface area contributed by atoms with E-state index in [0.29, 0.717) is 11.8 Å². The zero-order valence-electron chi connectivity index (χ0n) is 13.9. The van der Waals surface area contributed by atoms with Gasteiger partial charge in [0.1, 0.15) is 12.1 Å². The number of hydrogen-bond donors (Lipinski definition) is 1.